The SMILES string of the molecule is CCCc1cc(C(=O)N[C@@H](C)c2ccccc2)n[nH]1. The lowest BCUT2D eigenvalue weighted by molar-refractivity contribution is 0.0935. The number of benzene rings is 1. The number of aryl methyl sites for hydroxylation is 1. The van der Waals surface area contributed by atoms with Gasteiger partial charge in [-0.05, 0) is 25.0 Å². The predicted molar refractivity (Wildman–Crippen MR) is 74.9 cm³/mol. The van der Waals surface area contributed by atoms with Gasteiger partial charge < -0.3 is 5.32 Å². The van der Waals surface area contributed by atoms with Crippen molar-refractivity contribution in [2.24, 2.45) is 0 Å². The summed E-state index contributed by atoms with van der Waals surface area (Å²) in [5, 5.41) is 9.88. The Morgan fingerprint density at radius 3 is 2.79 bits per heavy atom. The van der Waals surface area contributed by atoms with Gasteiger partial charge in [-0.15, -0.1) is 0 Å². The predicted octanol–water partition coefficient (Wildman–Crippen LogP) is 2.85. The summed E-state index contributed by atoms with van der Waals surface area (Å²) < 4.78 is 0. The fraction of sp³-hybridized carbons (Fsp3) is 0.333. The zero-order valence-corrected chi connectivity index (χ0v) is 11.3. The molecule has 19 heavy (non-hydrogen) atoms. The number of carbonyl (C=O) groups is 1. The van der Waals surface area contributed by atoms with Gasteiger partial charge >= 0.3 is 0 Å². The van der Waals surface area contributed by atoms with Crippen LogP contribution in [0, 0.1) is 0 Å². The molecule has 0 unspecified atom stereocenters. The van der Waals surface area contributed by atoms with Crippen LogP contribution < -0.4 is 5.32 Å². The van der Waals surface area contributed by atoms with Gasteiger partial charge in [-0.2, -0.15) is 5.10 Å². The molecular weight excluding hydrogens is 238 g/mol. The Bertz CT molecular complexity index is 533. The maximum absolute atomic E-state index is 12.1. The summed E-state index contributed by atoms with van der Waals surface area (Å²) in [7, 11) is 0. The van der Waals surface area contributed by atoms with Crippen LogP contribution in [0.25, 0.3) is 0 Å². The largest absolute Gasteiger partial charge is 0.344 e. The Hall–Kier alpha value is -2.10. The van der Waals surface area contributed by atoms with E-state index in [0.29, 0.717) is 5.69 Å². The van der Waals surface area contributed by atoms with Crippen molar-refractivity contribution in [2.45, 2.75) is 32.7 Å². The lowest BCUT2D eigenvalue weighted by Crippen LogP contribution is -2.26. The minimum Gasteiger partial charge on any atom is -0.344 e. The highest BCUT2D eigenvalue weighted by atomic mass is 16.2. The van der Waals surface area contributed by atoms with Crippen molar-refractivity contribution in [1.29, 1.82) is 0 Å². The normalized spacial score (nSPS) is 12.1. The summed E-state index contributed by atoms with van der Waals surface area (Å²) in [6.07, 6.45) is 1.94. The van der Waals surface area contributed by atoms with E-state index in [0.717, 1.165) is 24.1 Å². The molecule has 2 aromatic rings. The van der Waals surface area contributed by atoms with Crippen LogP contribution in [0.1, 0.15) is 48.1 Å². The Labute approximate surface area is 113 Å². The number of aromatic amines is 1. The summed E-state index contributed by atoms with van der Waals surface area (Å²) in [5.41, 5.74) is 2.53. The highest BCUT2D eigenvalue weighted by Gasteiger charge is 2.13. The molecule has 0 spiro atoms. The lowest BCUT2D eigenvalue weighted by atomic mass is 10.1. The average Bonchev–Trinajstić information content (AvgIpc) is 2.89. The molecule has 0 saturated carbocycles. The second-order valence-corrected chi connectivity index (χ2v) is 4.63. The monoisotopic (exact) mass is 257 g/mol. The highest BCUT2D eigenvalue weighted by Crippen LogP contribution is 2.12. The Morgan fingerprint density at radius 2 is 2.11 bits per heavy atom. The summed E-state index contributed by atoms with van der Waals surface area (Å²) in [4.78, 5) is 12.1. The molecule has 0 aliphatic carbocycles. The van der Waals surface area contributed by atoms with Gasteiger partial charge in [0.05, 0.1) is 6.04 Å². The summed E-state index contributed by atoms with van der Waals surface area (Å²) >= 11 is 0. The lowest BCUT2D eigenvalue weighted by Gasteiger charge is -2.12. The molecule has 0 fully saturated rings. The zero-order valence-electron chi connectivity index (χ0n) is 11.3. The number of hydrogen-bond donors (Lipinski definition) is 2. The van der Waals surface area contributed by atoms with E-state index in [2.05, 4.69) is 22.4 Å². The van der Waals surface area contributed by atoms with Gasteiger partial charge in [0.15, 0.2) is 0 Å². The molecule has 1 aromatic carbocycles. The van der Waals surface area contributed by atoms with E-state index in [1.54, 1.807) is 0 Å². The number of aromatic nitrogens is 2. The van der Waals surface area contributed by atoms with Gasteiger partial charge in [0.25, 0.3) is 5.91 Å². The first-order valence-electron chi connectivity index (χ1n) is 6.60. The number of amides is 1. The molecular formula is C15H19N3O. The number of hydrogen-bond acceptors (Lipinski definition) is 2. The van der Waals surface area contributed by atoms with Crippen molar-refractivity contribution in [1.82, 2.24) is 15.5 Å². The number of nitrogens with one attached hydrogen (secondary N) is 2. The molecule has 1 heterocycles. The summed E-state index contributed by atoms with van der Waals surface area (Å²) in [5.74, 6) is -0.144. The fourth-order valence-corrected chi connectivity index (χ4v) is 1.97. The molecule has 1 amide bonds. The van der Waals surface area contributed by atoms with E-state index in [9.17, 15) is 4.79 Å². The quantitative estimate of drug-likeness (QED) is 0.865. The van der Waals surface area contributed by atoms with E-state index in [1.807, 2.05) is 43.3 Å². The van der Waals surface area contributed by atoms with Gasteiger partial charge in [0.2, 0.25) is 0 Å². The van der Waals surface area contributed by atoms with E-state index >= 15 is 0 Å². The third-order valence-electron chi connectivity index (χ3n) is 3.03. The first-order chi connectivity index (χ1) is 9.20. The third kappa shape index (κ3) is 3.44. The molecule has 0 radical (unpaired) electrons. The van der Waals surface area contributed by atoms with E-state index in [-0.39, 0.29) is 11.9 Å². The van der Waals surface area contributed by atoms with Crippen LogP contribution in [0.15, 0.2) is 36.4 Å². The van der Waals surface area contributed by atoms with Crippen LogP contribution in [-0.2, 0) is 6.42 Å². The van der Waals surface area contributed by atoms with Crippen molar-refractivity contribution in [2.75, 3.05) is 0 Å². The average molecular weight is 257 g/mol. The molecule has 4 heteroatoms. The third-order valence-corrected chi connectivity index (χ3v) is 3.03. The molecule has 1 atom stereocenters. The smallest absolute Gasteiger partial charge is 0.272 e. The van der Waals surface area contributed by atoms with Gasteiger partial charge in [-0.25, -0.2) is 0 Å². The molecule has 0 aliphatic rings. The molecule has 2 rings (SSSR count). The van der Waals surface area contributed by atoms with E-state index in [4.69, 9.17) is 0 Å². The second-order valence-electron chi connectivity index (χ2n) is 4.63. The molecule has 2 N–H and O–H groups in total. The Kier molecular flexibility index (Phi) is 4.34. The first kappa shape index (κ1) is 13.3. The van der Waals surface area contributed by atoms with E-state index < -0.39 is 0 Å². The van der Waals surface area contributed by atoms with Crippen LogP contribution in [-0.4, -0.2) is 16.1 Å². The standard InChI is InChI=1S/C15H19N3O/c1-3-7-13-10-14(18-17-13)15(19)16-11(2)12-8-5-4-6-9-12/h4-6,8-11H,3,7H2,1-2H3,(H,16,19)(H,17,18)/t11-/m0/s1. The number of carbonyl (C=O) groups excluding carboxylic acids is 1. The summed E-state index contributed by atoms with van der Waals surface area (Å²) in [6, 6.07) is 11.7. The van der Waals surface area contributed by atoms with Gasteiger partial charge in [-0.1, -0.05) is 43.7 Å². The molecule has 1 aromatic heterocycles. The maximum atomic E-state index is 12.1. The first-order valence-corrected chi connectivity index (χ1v) is 6.60. The van der Waals surface area contributed by atoms with Crippen LogP contribution in [0.5, 0.6) is 0 Å². The van der Waals surface area contributed by atoms with Crippen molar-refractivity contribution >= 4 is 5.91 Å². The minimum absolute atomic E-state index is 0.0278. The molecule has 0 saturated heterocycles. The Balaban J connectivity index is 2.00. The minimum atomic E-state index is -0.144. The van der Waals surface area contributed by atoms with Gasteiger partial charge in [-0.3, -0.25) is 9.89 Å². The van der Waals surface area contributed by atoms with Crippen molar-refractivity contribution in [3.05, 3.63) is 53.3 Å². The van der Waals surface area contributed by atoms with E-state index in [1.165, 1.54) is 0 Å². The van der Waals surface area contributed by atoms with Crippen molar-refractivity contribution in [3.63, 3.8) is 0 Å². The number of H-pyrrole nitrogens is 1. The molecule has 100 valence electrons. The molecule has 0 bridgehead atoms. The van der Waals surface area contributed by atoms with Crippen LogP contribution in [0.3, 0.4) is 0 Å². The molecule has 0 aliphatic heterocycles. The highest BCUT2D eigenvalue weighted by molar-refractivity contribution is 5.92. The summed E-state index contributed by atoms with van der Waals surface area (Å²) in [6.45, 7) is 4.06. The number of rotatable bonds is 5. The van der Waals surface area contributed by atoms with Crippen LogP contribution >= 0.6 is 0 Å². The van der Waals surface area contributed by atoms with Crippen LogP contribution in [0.4, 0.5) is 0 Å². The van der Waals surface area contributed by atoms with Crippen molar-refractivity contribution < 1.29 is 4.79 Å². The van der Waals surface area contributed by atoms with Gasteiger partial charge in [0, 0.05) is 5.69 Å². The zero-order chi connectivity index (χ0) is 13.7. The maximum Gasteiger partial charge on any atom is 0.272 e. The number of nitrogens with zero attached hydrogens (tertiary/aromatic N) is 1. The topological polar surface area (TPSA) is 57.8 Å². The molecule has 4 nitrogen and oxygen atoms in total. The van der Waals surface area contributed by atoms with Crippen molar-refractivity contribution in [3.8, 4) is 0 Å². The van der Waals surface area contributed by atoms with Crippen LogP contribution in [0.2, 0.25) is 0 Å². The fourth-order valence-electron chi connectivity index (χ4n) is 1.97. The second kappa shape index (κ2) is 6.18. The Morgan fingerprint density at radius 1 is 1.37 bits per heavy atom. The van der Waals surface area contributed by atoms with Gasteiger partial charge in [0.1, 0.15) is 5.69 Å².